The number of carboxylic acid groups (broad SMARTS) is 1. The van der Waals surface area contributed by atoms with Gasteiger partial charge in [0, 0.05) is 25.9 Å². The van der Waals surface area contributed by atoms with Gasteiger partial charge in [0.05, 0.1) is 6.10 Å². The van der Waals surface area contributed by atoms with E-state index in [0.29, 0.717) is 6.42 Å². The van der Waals surface area contributed by atoms with Crippen molar-refractivity contribution in [2.45, 2.75) is 44.2 Å². The van der Waals surface area contributed by atoms with Crippen molar-refractivity contribution in [1.29, 1.82) is 0 Å². The number of carboxylic acids is 1. The lowest BCUT2D eigenvalue weighted by Crippen LogP contribution is -2.51. The van der Waals surface area contributed by atoms with Crippen LogP contribution >= 0.6 is 0 Å². The van der Waals surface area contributed by atoms with Crippen LogP contribution in [0.3, 0.4) is 0 Å². The Balaban J connectivity index is 4.41. The lowest BCUT2D eigenvalue weighted by atomic mass is 10.0. The van der Waals surface area contributed by atoms with E-state index in [4.69, 9.17) is 10.2 Å². The molecule has 10 heteroatoms. The van der Waals surface area contributed by atoms with E-state index in [1.54, 1.807) is 6.92 Å². The molecular formula is C13H24N2O8. The zero-order chi connectivity index (χ0) is 18.2. The third-order valence-corrected chi connectivity index (χ3v) is 3.37. The summed E-state index contributed by atoms with van der Waals surface area (Å²) in [7, 11) is 1.44. The monoisotopic (exact) mass is 336 g/mol. The molecule has 0 aromatic heterocycles. The van der Waals surface area contributed by atoms with Crippen molar-refractivity contribution in [3.05, 3.63) is 0 Å². The van der Waals surface area contributed by atoms with Crippen molar-refractivity contribution in [3.63, 3.8) is 0 Å². The number of aliphatic carboxylic acids is 1. The van der Waals surface area contributed by atoms with Gasteiger partial charge in [-0.1, -0.05) is 6.92 Å². The van der Waals surface area contributed by atoms with Gasteiger partial charge in [-0.2, -0.15) is 0 Å². The standard InChI is InChI=1S/C13H24N2O8/c1-3-6(12(21)14-2)4-8(17)15-5-7(16)9(18)10(19)11(20)13(22)23/h6-7,9-11,16,18-20H,3-5H2,1-2H3,(H,14,21)(H,15,17)(H,22,23)/t6-,7+,9-,10+,11+/m1/s1. The zero-order valence-corrected chi connectivity index (χ0v) is 13.0. The molecule has 23 heavy (non-hydrogen) atoms. The topological polar surface area (TPSA) is 176 Å². The Bertz CT molecular complexity index is 417. The Hall–Kier alpha value is -1.75. The van der Waals surface area contributed by atoms with Gasteiger partial charge in [0.15, 0.2) is 6.10 Å². The molecule has 0 bridgehead atoms. The molecular weight excluding hydrogens is 312 g/mol. The Morgan fingerprint density at radius 3 is 2.04 bits per heavy atom. The molecule has 0 heterocycles. The number of carbonyl (C=O) groups is 3. The van der Waals surface area contributed by atoms with Gasteiger partial charge in [-0.3, -0.25) is 9.59 Å². The van der Waals surface area contributed by atoms with Crippen LogP contribution < -0.4 is 10.6 Å². The van der Waals surface area contributed by atoms with Gasteiger partial charge in [0.1, 0.15) is 12.2 Å². The molecule has 10 nitrogen and oxygen atoms in total. The quantitative estimate of drug-likeness (QED) is 0.218. The molecule has 0 spiro atoms. The predicted molar refractivity (Wildman–Crippen MR) is 77.1 cm³/mol. The van der Waals surface area contributed by atoms with Crippen LogP contribution in [0.15, 0.2) is 0 Å². The van der Waals surface area contributed by atoms with E-state index in [1.165, 1.54) is 7.05 Å². The minimum atomic E-state index is -2.27. The van der Waals surface area contributed by atoms with Crippen molar-refractivity contribution in [1.82, 2.24) is 10.6 Å². The first-order valence-electron chi connectivity index (χ1n) is 7.09. The van der Waals surface area contributed by atoms with Gasteiger partial charge in [-0.05, 0) is 6.42 Å². The number of hydrogen-bond donors (Lipinski definition) is 7. The molecule has 0 unspecified atom stereocenters. The van der Waals surface area contributed by atoms with Gasteiger partial charge < -0.3 is 36.2 Å². The van der Waals surface area contributed by atoms with Crippen LogP contribution in [0.4, 0.5) is 0 Å². The Labute approximate surface area is 133 Å². The number of aliphatic hydroxyl groups excluding tert-OH is 4. The van der Waals surface area contributed by atoms with Crippen molar-refractivity contribution in [3.8, 4) is 0 Å². The van der Waals surface area contributed by atoms with Crippen LogP contribution in [-0.2, 0) is 14.4 Å². The largest absolute Gasteiger partial charge is 0.479 e. The molecule has 0 saturated carbocycles. The van der Waals surface area contributed by atoms with Crippen LogP contribution in [0, 0.1) is 5.92 Å². The summed E-state index contributed by atoms with van der Waals surface area (Å²) < 4.78 is 0. The molecule has 5 atom stereocenters. The van der Waals surface area contributed by atoms with E-state index < -0.39 is 48.8 Å². The van der Waals surface area contributed by atoms with Crippen molar-refractivity contribution in [2.75, 3.05) is 13.6 Å². The summed E-state index contributed by atoms with van der Waals surface area (Å²) in [4.78, 5) is 33.6. The maximum absolute atomic E-state index is 11.7. The van der Waals surface area contributed by atoms with Crippen LogP contribution in [0.1, 0.15) is 19.8 Å². The third-order valence-electron chi connectivity index (χ3n) is 3.37. The van der Waals surface area contributed by atoms with E-state index in [-0.39, 0.29) is 12.3 Å². The van der Waals surface area contributed by atoms with Crippen LogP contribution in [0.25, 0.3) is 0 Å². The van der Waals surface area contributed by atoms with E-state index in [0.717, 1.165) is 0 Å². The first kappa shape index (κ1) is 21.2. The molecule has 0 aliphatic rings. The van der Waals surface area contributed by atoms with E-state index in [9.17, 15) is 29.7 Å². The maximum Gasteiger partial charge on any atom is 0.335 e. The first-order chi connectivity index (χ1) is 10.6. The summed E-state index contributed by atoms with van der Waals surface area (Å²) in [5.41, 5.74) is 0. The summed E-state index contributed by atoms with van der Waals surface area (Å²) in [6.45, 7) is 1.25. The van der Waals surface area contributed by atoms with Crippen LogP contribution in [0.5, 0.6) is 0 Å². The zero-order valence-electron chi connectivity index (χ0n) is 13.0. The van der Waals surface area contributed by atoms with Crippen molar-refractivity contribution in [2.24, 2.45) is 5.92 Å². The maximum atomic E-state index is 11.7. The highest BCUT2D eigenvalue weighted by molar-refractivity contribution is 5.85. The fourth-order valence-corrected chi connectivity index (χ4v) is 1.82. The molecule has 2 amide bonds. The average molecular weight is 336 g/mol. The predicted octanol–water partition coefficient (Wildman–Crippen LogP) is -3.21. The van der Waals surface area contributed by atoms with E-state index >= 15 is 0 Å². The second-order valence-electron chi connectivity index (χ2n) is 5.06. The fraction of sp³-hybridized carbons (Fsp3) is 0.769. The summed E-state index contributed by atoms with van der Waals surface area (Å²) in [5, 5.41) is 50.8. The fourth-order valence-electron chi connectivity index (χ4n) is 1.82. The molecule has 0 radical (unpaired) electrons. The second-order valence-corrected chi connectivity index (χ2v) is 5.06. The first-order valence-corrected chi connectivity index (χ1v) is 7.09. The minimum absolute atomic E-state index is 0.126. The lowest BCUT2D eigenvalue weighted by molar-refractivity contribution is -0.162. The van der Waals surface area contributed by atoms with Gasteiger partial charge >= 0.3 is 5.97 Å². The summed E-state index contributed by atoms with van der Waals surface area (Å²) in [6, 6.07) is 0. The Morgan fingerprint density at radius 1 is 1.04 bits per heavy atom. The molecule has 0 aromatic rings. The van der Waals surface area contributed by atoms with Gasteiger partial charge in [0.25, 0.3) is 0 Å². The number of rotatable bonds is 10. The summed E-state index contributed by atoms with van der Waals surface area (Å²) in [6.07, 6.45) is -7.74. The number of hydrogen-bond acceptors (Lipinski definition) is 7. The highest BCUT2D eigenvalue weighted by Crippen LogP contribution is 2.09. The van der Waals surface area contributed by atoms with Crippen molar-refractivity contribution >= 4 is 17.8 Å². The highest BCUT2D eigenvalue weighted by atomic mass is 16.4. The molecule has 0 aromatic carbocycles. The Kier molecular flexibility index (Phi) is 9.34. The third kappa shape index (κ3) is 6.91. The number of carbonyl (C=O) groups excluding carboxylic acids is 2. The molecule has 0 aliphatic heterocycles. The SMILES string of the molecule is CC[C@H](CC(=O)NC[C@H](O)[C@@H](O)[C@H](O)[C@H](O)C(=O)O)C(=O)NC. The van der Waals surface area contributed by atoms with Gasteiger partial charge in [-0.15, -0.1) is 0 Å². The molecule has 0 rings (SSSR count). The minimum Gasteiger partial charge on any atom is -0.479 e. The summed E-state index contributed by atoms with van der Waals surface area (Å²) >= 11 is 0. The molecule has 0 fully saturated rings. The number of nitrogens with one attached hydrogen (secondary N) is 2. The second kappa shape index (κ2) is 10.1. The molecule has 7 N–H and O–H groups in total. The van der Waals surface area contributed by atoms with E-state index in [1.807, 2.05) is 0 Å². The number of amides is 2. The summed E-state index contributed by atoms with van der Waals surface area (Å²) in [5.74, 6) is -3.16. The van der Waals surface area contributed by atoms with Gasteiger partial charge in [0.2, 0.25) is 11.8 Å². The Morgan fingerprint density at radius 2 is 1.61 bits per heavy atom. The number of aliphatic hydroxyl groups is 4. The van der Waals surface area contributed by atoms with Crippen LogP contribution in [-0.4, -0.2) is 81.3 Å². The average Bonchev–Trinajstić information content (AvgIpc) is 2.54. The molecule has 0 aliphatic carbocycles. The smallest absolute Gasteiger partial charge is 0.335 e. The highest BCUT2D eigenvalue weighted by Gasteiger charge is 2.34. The molecule has 0 saturated heterocycles. The van der Waals surface area contributed by atoms with E-state index in [2.05, 4.69) is 10.6 Å². The van der Waals surface area contributed by atoms with Gasteiger partial charge in [-0.25, -0.2) is 4.79 Å². The normalized spacial score (nSPS) is 17.5. The lowest BCUT2D eigenvalue weighted by Gasteiger charge is -2.25. The van der Waals surface area contributed by atoms with Crippen molar-refractivity contribution < 1.29 is 39.9 Å². The molecule has 134 valence electrons. The van der Waals surface area contributed by atoms with Crippen LogP contribution in [0.2, 0.25) is 0 Å².